The van der Waals surface area contributed by atoms with E-state index in [9.17, 15) is 15.2 Å². The molecule has 0 unspecified atom stereocenters. The minimum Gasteiger partial charge on any atom is -0.497 e. The zero-order valence-corrected chi connectivity index (χ0v) is 23.5. The van der Waals surface area contributed by atoms with E-state index in [4.69, 9.17) is 9.47 Å². The molecule has 4 aromatic carbocycles. The largest absolute Gasteiger partial charge is 0.497 e. The van der Waals surface area contributed by atoms with Crippen molar-refractivity contribution in [2.75, 3.05) is 13.7 Å². The quantitative estimate of drug-likeness (QED) is 0.143. The van der Waals surface area contributed by atoms with Crippen molar-refractivity contribution in [1.82, 2.24) is 4.90 Å². The maximum atomic E-state index is 11.9. The molecule has 0 aliphatic carbocycles. The van der Waals surface area contributed by atoms with Crippen molar-refractivity contribution in [2.45, 2.75) is 38.6 Å². The van der Waals surface area contributed by atoms with Gasteiger partial charge in [0.25, 0.3) is 0 Å². The van der Waals surface area contributed by atoms with Crippen LogP contribution in [0.25, 0.3) is 0 Å². The van der Waals surface area contributed by atoms with Crippen LogP contribution in [-0.4, -0.2) is 34.6 Å². The highest BCUT2D eigenvalue weighted by atomic mass is 35.5. The van der Waals surface area contributed by atoms with Gasteiger partial charge in [0.2, 0.25) is 0 Å². The molecule has 0 aliphatic rings. The van der Waals surface area contributed by atoms with E-state index < -0.39 is 11.0 Å². The first-order valence-corrected chi connectivity index (χ1v) is 13.0. The minimum absolute atomic E-state index is 0. The van der Waals surface area contributed by atoms with Gasteiger partial charge < -0.3 is 14.6 Å². The lowest BCUT2D eigenvalue weighted by molar-refractivity contribution is -0.386. The fourth-order valence-corrected chi connectivity index (χ4v) is 4.52. The Bertz CT molecular complexity index is 1340. The van der Waals surface area contributed by atoms with Crippen LogP contribution in [0, 0.1) is 10.1 Å². The molecule has 8 heteroatoms. The van der Waals surface area contributed by atoms with E-state index in [1.54, 1.807) is 19.2 Å². The number of hydrogen-bond acceptors (Lipinski definition) is 6. The molecule has 0 fully saturated rings. The molecule has 2 atom stereocenters. The van der Waals surface area contributed by atoms with Crippen LogP contribution < -0.4 is 9.47 Å². The molecule has 4 aromatic rings. The number of aliphatic hydroxyl groups excluding tert-OH is 1. The summed E-state index contributed by atoms with van der Waals surface area (Å²) < 4.78 is 11.0. The van der Waals surface area contributed by atoms with Crippen molar-refractivity contribution in [1.29, 1.82) is 0 Å². The summed E-state index contributed by atoms with van der Waals surface area (Å²) in [7, 11) is 1.65. The minimum atomic E-state index is -0.922. The fourth-order valence-electron chi connectivity index (χ4n) is 4.52. The van der Waals surface area contributed by atoms with Gasteiger partial charge in [-0.05, 0) is 53.8 Å². The highest BCUT2D eigenvalue weighted by Gasteiger charge is 2.23. The second kappa shape index (κ2) is 15.0. The second-order valence-electron chi connectivity index (χ2n) is 9.59. The summed E-state index contributed by atoms with van der Waals surface area (Å²) in [6.45, 7) is 3.29. The van der Waals surface area contributed by atoms with Crippen LogP contribution in [0.2, 0.25) is 0 Å². The predicted octanol–water partition coefficient (Wildman–Crippen LogP) is 6.77. The zero-order chi connectivity index (χ0) is 27.6. The van der Waals surface area contributed by atoms with Crippen LogP contribution in [0.4, 0.5) is 5.69 Å². The smallest absolute Gasteiger partial charge is 0.311 e. The van der Waals surface area contributed by atoms with Crippen LogP contribution >= 0.6 is 12.4 Å². The summed E-state index contributed by atoms with van der Waals surface area (Å²) in [5.74, 6) is 0.981. The Kier molecular flexibility index (Phi) is 11.5. The molecule has 40 heavy (non-hydrogen) atoms. The Morgan fingerprint density at radius 2 is 1.50 bits per heavy atom. The van der Waals surface area contributed by atoms with E-state index in [0.29, 0.717) is 18.7 Å². The number of nitro benzene ring substituents is 1. The third-order valence-corrected chi connectivity index (χ3v) is 6.75. The first-order chi connectivity index (χ1) is 18.9. The Morgan fingerprint density at radius 3 is 2.10 bits per heavy atom. The molecule has 0 aliphatic heterocycles. The van der Waals surface area contributed by atoms with Gasteiger partial charge in [0, 0.05) is 25.2 Å². The number of rotatable bonds is 13. The van der Waals surface area contributed by atoms with Crippen molar-refractivity contribution in [3.05, 3.63) is 135 Å². The fraction of sp³-hybridized carbons (Fsp3) is 0.250. The lowest BCUT2D eigenvalue weighted by Crippen LogP contribution is -2.37. The molecule has 0 radical (unpaired) electrons. The van der Waals surface area contributed by atoms with Gasteiger partial charge in [-0.15, -0.1) is 12.4 Å². The van der Waals surface area contributed by atoms with Gasteiger partial charge in [0.15, 0.2) is 5.75 Å². The molecule has 0 aromatic heterocycles. The maximum absolute atomic E-state index is 11.9. The monoisotopic (exact) mass is 562 g/mol. The molecular formula is C32H35ClN2O5. The van der Waals surface area contributed by atoms with Gasteiger partial charge in [0.05, 0.1) is 18.1 Å². The SMILES string of the molecule is COc1ccc(C[C@@H](C)N(Cc2ccccc2)C[C@@H](O)c2ccc(OCc3ccccc3)c([N+](=O)[O-])c2)cc1.Cl. The number of nitro groups is 1. The first-order valence-electron chi connectivity index (χ1n) is 13.0. The van der Waals surface area contributed by atoms with Crippen molar-refractivity contribution >= 4 is 18.1 Å². The summed E-state index contributed by atoms with van der Waals surface area (Å²) in [4.78, 5) is 13.6. The molecule has 1 N–H and O–H groups in total. The zero-order valence-electron chi connectivity index (χ0n) is 22.7. The Morgan fingerprint density at radius 1 is 0.875 bits per heavy atom. The lowest BCUT2D eigenvalue weighted by atomic mass is 10.0. The summed E-state index contributed by atoms with van der Waals surface area (Å²) in [5, 5.41) is 23.1. The Labute approximate surface area is 241 Å². The molecule has 0 saturated carbocycles. The molecule has 0 bridgehead atoms. The number of aliphatic hydroxyl groups is 1. The second-order valence-corrected chi connectivity index (χ2v) is 9.59. The summed E-state index contributed by atoms with van der Waals surface area (Å²) in [6, 6.07) is 32.3. The van der Waals surface area contributed by atoms with Crippen molar-refractivity contribution in [2.24, 2.45) is 0 Å². The van der Waals surface area contributed by atoms with Gasteiger partial charge in [0.1, 0.15) is 12.4 Å². The predicted molar refractivity (Wildman–Crippen MR) is 159 cm³/mol. The lowest BCUT2D eigenvalue weighted by Gasteiger charge is -2.31. The summed E-state index contributed by atoms with van der Waals surface area (Å²) in [6.07, 6.45) is -0.149. The molecule has 0 heterocycles. The molecule has 7 nitrogen and oxygen atoms in total. The molecule has 0 amide bonds. The van der Waals surface area contributed by atoms with Crippen LogP contribution in [0.1, 0.15) is 35.3 Å². The van der Waals surface area contributed by atoms with Crippen molar-refractivity contribution in [3.63, 3.8) is 0 Å². The number of nitrogens with zero attached hydrogens (tertiary/aromatic N) is 2. The highest BCUT2D eigenvalue weighted by Crippen LogP contribution is 2.32. The van der Waals surface area contributed by atoms with Gasteiger partial charge in [-0.25, -0.2) is 0 Å². The van der Waals surface area contributed by atoms with Gasteiger partial charge in [-0.3, -0.25) is 15.0 Å². The topological polar surface area (TPSA) is 85.1 Å². The standard InChI is InChI=1S/C32H34N2O5.ClH/c1-24(19-25-13-16-29(38-2)17-14-25)33(21-26-9-5-3-6-10-26)22-31(35)28-15-18-32(30(20-28)34(36)37)39-23-27-11-7-4-8-12-27;/h3-18,20,24,31,35H,19,21-23H2,1-2H3;1H/t24-,31-;/m1./s1. The molecular weight excluding hydrogens is 528 g/mol. The first kappa shape index (κ1) is 30.6. The third kappa shape index (κ3) is 8.55. The molecule has 4 rings (SSSR count). The number of hydrogen-bond donors (Lipinski definition) is 1. The molecule has 0 spiro atoms. The number of ether oxygens (including phenoxy) is 2. The third-order valence-electron chi connectivity index (χ3n) is 6.75. The number of halogens is 1. The Balaban J connectivity index is 0.00000441. The van der Waals surface area contributed by atoms with E-state index in [2.05, 4.69) is 24.0 Å². The van der Waals surface area contributed by atoms with Gasteiger partial charge in [-0.2, -0.15) is 0 Å². The van der Waals surface area contributed by atoms with Gasteiger partial charge >= 0.3 is 5.69 Å². The molecule has 0 saturated heterocycles. The average molecular weight is 563 g/mol. The normalized spacial score (nSPS) is 12.3. The Hall–Kier alpha value is -3.91. The van der Waals surface area contributed by atoms with E-state index in [1.165, 1.54) is 6.07 Å². The van der Waals surface area contributed by atoms with Crippen LogP contribution in [-0.2, 0) is 19.6 Å². The van der Waals surface area contributed by atoms with Gasteiger partial charge in [-0.1, -0.05) is 78.9 Å². The average Bonchev–Trinajstić information content (AvgIpc) is 2.97. The maximum Gasteiger partial charge on any atom is 0.311 e. The highest BCUT2D eigenvalue weighted by molar-refractivity contribution is 5.85. The van der Waals surface area contributed by atoms with Crippen LogP contribution in [0.3, 0.4) is 0 Å². The summed E-state index contributed by atoms with van der Waals surface area (Å²) >= 11 is 0. The number of benzene rings is 4. The van der Waals surface area contributed by atoms with E-state index >= 15 is 0 Å². The van der Waals surface area contributed by atoms with Crippen molar-refractivity contribution in [3.8, 4) is 11.5 Å². The van der Waals surface area contributed by atoms with E-state index in [0.717, 1.165) is 28.9 Å². The molecule has 210 valence electrons. The van der Waals surface area contributed by atoms with Crippen LogP contribution in [0.15, 0.2) is 103 Å². The van der Waals surface area contributed by atoms with E-state index in [-0.39, 0.29) is 36.5 Å². The van der Waals surface area contributed by atoms with E-state index in [1.807, 2.05) is 72.8 Å². The van der Waals surface area contributed by atoms with Crippen LogP contribution in [0.5, 0.6) is 11.5 Å². The van der Waals surface area contributed by atoms with Crippen molar-refractivity contribution < 1.29 is 19.5 Å². The summed E-state index contributed by atoms with van der Waals surface area (Å²) in [5.41, 5.74) is 3.51. The number of methoxy groups -OCH3 is 1.